The Bertz CT molecular complexity index is 377. The molecule has 1 aromatic heterocycles. The van der Waals surface area contributed by atoms with Crippen LogP contribution in [-0.4, -0.2) is 35.4 Å². The van der Waals surface area contributed by atoms with Crippen LogP contribution in [0.15, 0.2) is 11.2 Å². The Balaban J connectivity index is 0.00000144. The molecular formula is C10H16Cl2N4S. The lowest BCUT2D eigenvalue weighted by Crippen LogP contribution is -2.36. The third-order valence-electron chi connectivity index (χ3n) is 2.79. The molecule has 0 aliphatic carbocycles. The molecule has 2 N–H and O–H groups in total. The highest BCUT2D eigenvalue weighted by Gasteiger charge is 2.24. The number of hydrogen-bond acceptors (Lipinski definition) is 5. The van der Waals surface area contributed by atoms with E-state index in [1.807, 2.05) is 12.3 Å². The zero-order valence-corrected chi connectivity index (χ0v) is 12.0. The molecule has 0 spiro atoms. The first-order valence-electron chi connectivity index (χ1n) is 5.30. The summed E-state index contributed by atoms with van der Waals surface area (Å²) in [5.41, 5.74) is 5.75. The lowest BCUT2D eigenvalue weighted by molar-refractivity contribution is 0.667. The maximum absolute atomic E-state index is 5.98. The average molecular weight is 295 g/mol. The number of rotatable bonds is 3. The van der Waals surface area contributed by atoms with E-state index < -0.39 is 0 Å². The Morgan fingerprint density at radius 2 is 2.35 bits per heavy atom. The van der Waals surface area contributed by atoms with Crippen LogP contribution in [0.4, 0.5) is 5.82 Å². The van der Waals surface area contributed by atoms with E-state index in [4.69, 9.17) is 17.3 Å². The second-order valence-corrected chi connectivity index (χ2v) is 4.92. The van der Waals surface area contributed by atoms with E-state index in [9.17, 15) is 0 Å². The Morgan fingerprint density at radius 1 is 1.59 bits per heavy atom. The van der Waals surface area contributed by atoms with Gasteiger partial charge in [-0.05, 0) is 19.1 Å². The van der Waals surface area contributed by atoms with E-state index in [1.54, 1.807) is 0 Å². The zero-order valence-electron chi connectivity index (χ0n) is 9.60. The minimum atomic E-state index is 0. The maximum atomic E-state index is 5.98. The van der Waals surface area contributed by atoms with Gasteiger partial charge in [-0.25, -0.2) is 9.97 Å². The lowest BCUT2D eigenvalue weighted by Gasteiger charge is -2.24. The minimum Gasteiger partial charge on any atom is -0.352 e. The van der Waals surface area contributed by atoms with Gasteiger partial charge in [0.2, 0.25) is 0 Å². The van der Waals surface area contributed by atoms with Gasteiger partial charge in [0.05, 0.1) is 0 Å². The van der Waals surface area contributed by atoms with Gasteiger partial charge in [0.1, 0.15) is 11.0 Å². The highest BCUT2D eigenvalue weighted by atomic mass is 35.5. The number of aromatic nitrogens is 2. The molecule has 1 atom stereocenters. The van der Waals surface area contributed by atoms with Crippen molar-refractivity contribution in [3.8, 4) is 0 Å². The fourth-order valence-corrected chi connectivity index (χ4v) is 2.61. The van der Waals surface area contributed by atoms with E-state index in [-0.39, 0.29) is 12.4 Å². The van der Waals surface area contributed by atoms with Crippen LogP contribution in [-0.2, 0) is 0 Å². The zero-order chi connectivity index (χ0) is 11.5. The first-order chi connectivity index (χ1) is 7.74. The summed E-state index contributed by atoms with van der Waals surface area (Å²) in [6.45, 7) is 1.67. The summed E-state index contributed by atoms with van der Waals surface area (Å²) in [7, 11) is 0. The third-order valence-corrected chi connectivity index (χ3v) is 3.53. The van der Waals surface area contributed by atoms with Crippen molar-refractivity contribution in [1.29, 1.82) is 0 Å². The first kappa shape index (κ1) is 14.8. The highest BCUT2D eigenvalue weighted by Crippen LogP contribution is 2.26. The molecule has 0 aromatic carbocycles. The second kappa shape index (κ2) is 6.64. The Morgan fingerprint density at radius 3 is 3.00 bits per heavy atom. The van der Waals surface area contributed by atoms with Crippen molar-refractivity contribution in [3.63, 3.8) is 0 Å². The second-order valence-electron chi connectivity index (χ2n) is 3.76. The Kier molecular flexibility index (Phi) is 5.79. The Hall–Kier alpha value is -0.230. The van der Waals surface area contributed by atoms with Gasteiger partial charge >= 0.3 is 0 Å². The summed E-state index contributed by atoms with van der Waals surface area (Å²) in [6.07, 6.45) is 4.24. The molecule has 1 aliphatic heterocycles. The number of thioether (sulfide) groups is 1. The van der Waals surface area contributed by atoms with E-state index >= 15 is 0 Å². The first-order valence-corrected chi connectivity index (χ1v) is 6.90. The number of nitrogens with two attached hydrogens (primary N) is 1. The van der Waals surface area contributed by atoms with Crippen LogP contribution in [0.2, 0.25) is 5.15 Å². The van der Waals surface area contributed by atoms with E-state index in [0.29, 0.717) is 22.9 Å². The number of anilines is 1. The summed E-state index contributed by atoms with van der Waals surface area (Å²) in [5, 5.41) is 1.21. The van der Waals surface area contributed by atoms with Crippen LogP contribution in [0.3, 0.4) is 0 Å². The van der Waals surface area contributed by atoms with Gasteiger partial charge in [-0.3, -0.25) is 0 Å². The molecule has 17 heavy (non-hydrogen) atoms. The monoisotopic (exact) mass is 294 g/mol. The molecule has 1 aromatic rings. The molecular weight excluding hydrogens is 279 g/mol. The quantitative estimate of drug-likeness (QED) is 0.526. The largest absolute Gasteiger partial charge is 0.352 e. The molecule has 0 radical (unpaired) electrons. The van der Waals surface area contributed by atoms with Crippen molar-refractivity contribution in [1.82, 2.24) is 9.97 Å². The van der Waals surface area contributed by atoms with Crippen LogP contribution in [0.25, 0.3) is 0 Å². The summed E-state index contributed by atoms with van der Waals surface area (Å²) >= 11 is 7.48. The number of halogens is 2. The Labute approximate surface area is 117 Å². The molecule has 4 nitrogen and oxygen atoms in total. The molecule has 1 fully saturated rings. The summed E-state index contributed by atoms with van der Waals surface area (Å²) in [5.74, 6) is 0.900. The molecule has 1 saturated heterocycles. The van der Waals surface area contributed by atoms with Gasteiger partial charge in [0.15, 0.2) is 5.16 Å². The van der Waals surface area contributed by atoms with Gasteiger partial charge < -0.3 is 10.6 Å². The van der Waals surface area contributed by atoms with E-state index in [0.717, 1.165) is 25.2 Å². The van der Waals surface area contributed by atoms with Crippen molar-refractivity contribution in [3.05, 3.63) is 11.2 Å². The van der Waals surface area contributed by atoms with E-state index in [2.05, 4.69) is 14.9 Å². The van der Waals surface area contributed by atoms with Crippen molar-refractivity contribution < 1.29 is 0 Å². The molecule has 2 rings (SSSR count). The van der Waals surface area contributed by atoms with Crippen LogP contribution >= 0.6 is 35.8 Å². The lowest BCUT2D eigenvalue weighted by atomic mass is 10.2. The number of nitrogens with zero attached hydrogens (tertiary/aromatic N) is 3. The van der Waals surface area contributed by atoms with Gasteiger partial charge in [0, 0.05) is 25.2 Å². The number of hydrogen-bond donors (Lipinski definition) is 1. The van der Waals surface area contributed by atoms with Gasteiger partial charge in [-0.2, -0.15) is 0 Å². The third kappa shape index (κ3) is 3.37. The van der Waals surface area contributed by atoms with Crippen LogP contribution in [0.5, 0.6) is 0 Å². The highest BCUT2D eigenvalue weighted by molar-refractivity contribution is 7.98. The summed E-state index contributed by atoms with van der Waals surface area (Å²) in [6, 6.07) is 2.20. The molecule has 1 aliphatic rings. The van der Waals surface area contributed by atoms with Crippen LogP contribution < -0.4 is 10.6 Å². The predicted octanol–water partition coefficient (Wildman–Crippen LogP) is 2.20. The van der Waals surface area contributed by atoms with Gasteiger partial charge in [-0.1, -0.05) is 23.4 Å². The topological polar surface area (TPSA) is 55.0 Å². The average Bonchev–Trinajstić information content (AvgIpc) is 2.76. The van der Waals surface area contributed by atoms with Crippen LogP contribution in [0.1, 0.15) is 12.8 Å². The normalized spacial score (nSPS) is 19.2. The minimum absolute atomic E-state index is 0. The fourth-order valence-electron chi connectivity index (χ4n) is 2.01. The van der Waals surface area contributed by atoms with Crippen molar-refractivity contribution >= 4 is 41.6 Å². The molecule has 2 heterocycles. The van der Waals surface area contributed by atoms with Crippen molar-refractivity contribution in [2.45, 2.75) is 24.0 Å². The molecule has 0 amide bonds. The van der Waals surface area contributed by atoms with Crippen molar-refractivity contribution in [2.24, 2.45) is 5.73 Å². The smallest absolute Gasteiger partial charge is 0.190 e. The maximum Gasteiger partial charge on any atom is 0.190 e. The fraction of sp³-hybridized carbons (Fsp3) is 0.600. The van der Waals surface area contributed by atoms with Crippen LogP contribution in [0, 0.1) is 0 Å². The molecule has 96 valence electrons. The molecule has 1 unspecified atom stereocenters. The van der Waals surface area contributed by atoms with Gasteiger partial charge in [0.25, 0.3) is 0 Å². The molecule has 7 heteroatoms. The SMILES string of the molecule is CSc1nc(Cl)cc(N2CCCC2CN)n1.Cl. The molecule has 0 bridgehead atoms. The standard InChI is InChI=1S/C10H15ClN4S.ClH/c1-16-10-13-8(11)5-9(14-10)15-4-2-3-7(15)6-12;/h5,7H,2-4,6,12H2,1H3;1H. The van der Waals surface area contributed by atoms with Gasteiger partial charge in [-0.15, -0.1) is 12.4 Å². The molecule has 0 saturated carbocycles. The van der Waals surface area contributed by atoms with E-state index in [1.165, 1.54) is 11.8 Å². The van der Waals surface area contributed by atoms with Crippen molar-refractivity contribution in [2.75, 3.05) is 24.2 Å². The predicted molar refractivity (Wildman–Crippen MR) is 75.5 cm³/mol. The summed E-state index contributed by atoms with van der Waals surface area (Å²) in [4.78, 5) is 10.8. The summed E-state index contributed by atoms with van der Waals surface area (Å²) < 4.78 is 0.